The van der Waals surface area contributed by atoms with E-state index in [1.807, 2.05) is 0 Å². The van der Waals surface area contributed by atoms with Crippen molar-refractivity contribution < 1.29 is 9.47 Å². The van der Waals surface area contributed by atoms with Gasteiger partial charge in [0.05, 0.1) is 44.1 Å². The van der Waals surface area contributed by atoms with Crippen LogP contribution in [0, 0.1) is 0 Å². The second-order valence-electron chi connectivity index (χ2n) is 7.65. The molecule has 1 aromatic carbocycles. The van der Waals surface area contributed by atoms with Crippen molar-refractivity contribution in [3.8, 4) is 0 Å². The molecule has 0 spiro atoms. The van der Waals surface area contributed by atoms with E-state index in [0.29, 0.717) is 18.2 Å². The van der Waals surface area contributed by atoms with E-state index in [1.54, 1.807) is 0 Å². The van der Waals surface area contributed by atoms with Crippen LogP contribution in [0.1, 0.15) is 37.8 Å². The van der Waals surface area contributed by atoms with Crippen molar-refractivity contribution >= 4 is 29.9 Å². The zero-order chi connectivity index (χ0) is 18.5. The van der Waals surface area contributed by atoms with Crippen molar-refractivity contribution in [2.45, 2.75) is 50.5 Å². The zero-order valence-corrected chi connectivity index (χ0v) is 19.0. The van der Waals surface area contributed by atoms with Crippen LogP contribution >= 0.6 is 24.0 Å². The molecule has 0 radical (unpaired) electrons. The second kappa shape index (κ2) is 10.8. The molecule has 3 fully saturated rings. The third kappa shape index (κ3) is 5.37. The molecule has 0 aliphatic carbocycles. The molecule has 2 bridgehead atoms. The monoisotopic (exact) mass is 500 g/mol. The number of nitrogens with one attached hydrogen (secondary N) is 2. The maximum atomic E-state index is 5.99. The molecule has 0 amide bonds. The van der Waals surface area contributed by atoms with Crippen molar-refractivity contribution in [1.29, 1.82) is 0 Å². The molecular formula is C21H33IN4O2. The first-order valence-electron chi connectivity index (χ1n) is 10.4. The Morgan fingerprint density at radius 2 is 2.00 bits per heavy atom. The number of hydrogen-bond donors (Lipinski definition) is 2. The first-order valence-corrected chi connectivity index (χ1v) is 10.4. The number of benzene rings is 1. The lowest BCUT2D eigenvalue weighted by Crippen LogP contribution is -2.48. The van der Waals surface area contributed by atoms with Crippen molar-refractivity contribution in [3.63, 3.8) is 0 Å². The van der Waals surface area contributed by atoms with Crippen LogP contribution in [-0.4, -0.2) is 68.5 Å². The standard InChI is InChI=1S/C21H32N4O2.HI/c1-2-22-21(24-18-14-17-8-9-20(18)27-17)23-15-19(16-6-4-3-5-7-16)25-10-12-26-13-11-25;/h3-7,17-20H,2,8-15H2,1H3,(H2,22,23,24);1H. The van der Waals surface area contributed by atoms with E-state index in [9.17, 15) is 0 Å². The Bertz CT molecular complexity index is 624. The summed E-state index contributed by atoms with van der Waals surface area (Å²) in [7, 11) is 0. The van der Waals surface area contributed by atoms with Gasteiger partial charge in [-0.1, -0.05) is 30.3 Å². The molecule has 3 aliphatic rings. The molecule has 0 saturated carbocycles. The molecule has 4 atom stereocenters. The smallest absolute Gasteiger partial charge is 0.191 e. The lowest BCUT2D eigenvalue weighted by molar-refractivity contribution is 0.0179. The molecular weight excluding hydrogens is 467 g/mol. The molecule has 28 heavy (non-hydrogen) atoms. The van der Waals surface area contributed by atoms with Crippen molar-refractivity contribution in [2.75, 3.05) is 39.4 Å². The zero-order valence-electron chi connectivity index (χ0n) is 16.7. The molecule has 4 rings (SSSR count). The summed E-state index contributed by atoms with van der Waals surface area (Å²) in [5, 5.41) is 7.05. The fourth-order valence-electron chi connectivity index (χ4n) is 4.46. The summed E-state index contributed by atoms with van der Waals surface area (Å²) in [4.78, 5) is 7.46. The Morgan fingerprint density at radius 1 is 1.21 bits per heavy atom. The Hall–Kier alpha value is -0.900. The van der Waals surface area contributed by atoms with E-state index in [0.717, 1.165) is 51.8 Å². The van der Waals surface area contributed by atoms with Gasteiger partial charge in [-0.05, 0) is 31.7 Å². The van der Waals surface area contributed by atoms with E-state index in [-0.39, 0.29) is 30.0 Å². The van der Waals surface area contributed by atoms with Crippen LogP contribution in [0.25, 0.3) is 0 Å². The highest BCUT2D eigenvalue weighted by Gasteiger charge is 2.41. The molecule has 7 heteroatoms. The minimum atomic E-state index is 0. The van der Waals surface area contributed by atoms with Crippen LogP contribution in [0.3, 0.4) is 0 Å². The van der Waals surface area contributed by atoms with Gasteiger partial charge >= 0.3 is 0 Å². The van der Waals surface area contributed by atoms with Crippen molar-refractivity contribution in [3.05, 3.63) is 35.9 Å². The normalized spacial score (nSPS) is 28.6. The topological polar surface area (TPSA) is 58.1 Å². The molecule has 0 aromatic heterocycles. The minimum absolute atomic E-state index is 0. The first-order chi connectivity index (χ1) is 13.3. The number of nitrogens with zero attached hydrogens (tertiary/aromatic N) is 2. The Labute approximate surface area is 185 Å². The number of morpholine rings is 1. The summed E-state index contributed by atoms with van der Waals surface area (Å²) in [6, 6.07) is 11.4. The summed E-state index contributed by atoms with van der Waals surface area (Å²) in [5.74, 6) is 0.910. The van der Waals surface area contributed by atoms with E-state index in [1.165, 1.54) is 18.4 Å². The molecule has 3 aliphatic heterocycles. The molecule has 4 unspecified atom stereocenters. The molecule has 156 valence electrons. The van der Waals surface area contributed by atoms with Crippen LogP contribution in [-0.2, 0) is 9.47 Å². The summed E-state index contributed by atoms with van der Waals surface area (Å²) in [6.45, 7) is 7.23. The SMILES string of the molecule is CCNC(=NCC(c1ccccc1)N1CCOCC1)NC1CC2CCC1O2.I. The largest absolute Gasteiger partial charge is 0.379 e. The molecule has 3 saturated heterocycles. The third-order valence-electron chi connectivity index (χ3n) is 5.87. The Balaban J connectivity index is 0.00000225. The van der Waals surface area contributed by atoms with Gasteiger partial charge in [0.1, 0.15) is 0 Å². The highest BCUT2D eigenvalue weighted by Crippen LogP contribution is 2.34. The van der Waals surface area contributed by atoms with Crippen LogP contribution in [0.15, 0.2) is 35.3 Å². The number of rotatable bonds is 6. The van der Waals surface area contributed by atoms with Crippen LogP contribution < -0.4 is 10.6 Å². The average molecular weight is 500 g/mol. The summed E-state index contributed by atoms with van der Waals surface area (Å²) < 4.78 is 11.5. The fourth-order valence-corrected chi connectivity index (χ4v) is 4.46. The molecule has 6 nitrogen and oxygen atoms in total. The predicted octanol–water partition coefficient (Wildman–Crippen LogP) is 2.55. The summed E-state index contributed by atoms with van der Waals surface area (Å²) >= 11 is 0. The van der Waals surface area contributed by atoms with Crippen LogP contribution in [0.2, 0.25) is 0 Å². The van der Waals surface area contributed by atoms with Gasteiger partial charge in [0, 0.05) is 19.6 Å². The first kappa shape index (κ1) is 21.8. The number of fused-ring (bicyclic) bond motifs is 2. The number of ether oxygens (including phenoxy) is 2. The number of aliphatic imine (C=N–C) groups is 1. The van der Waals surface area contributed by atoms with Gasteiger partial charge in [-0.3, -0.25) is 9.89 Å². The van der Waals surface area contributed by atoms with Gasteiger partial charge in [-0.2, -0.15) is 0 Å². The quantitative estimate of drug-likeness (QED) is 0.357. The van der Waals surface area contributed by atoms with Crippen molar-refractivity contribution in [1.82, 2.24) is 15.5 Å². The average Bonchev–Trinajstić information content (AvgIpc) is 3.33. The van der Waals surface area contributed by atoms with Gasteiger partial charge in [0.2, 0.25) is 0 Å². The minimum Gasteiger partial charge on any atom is -0.379 e. The molecule has 1 aromatic rings. The third-order valence-corrected chi connectivity index (χ3v) is 5.87. The maximum Gasteiger partial charge on any atom is 0.191 e. The van der Waals surface area contributed by atoms with Gasteiger partial charge < -0.3 is 20.1 Å². The van der Waals surface area contributed by atoms with Gasteiger partial charge in [0.15, 0.2) is 5.96 Å². The van der Waals surface area contributed by atoms with Gasteiger partial charge in [0.25, 0.3) is 0 Å². The number of halogens is 1. The van der Waals surface area contributed by atoms with Crippen LogP contribution in [0.5, 0.6) is 0 Å². The Kier molecular flexibility index (Phi) is 8.37. The second-order valence-corrected chi connectivity index (χ2v) is 7.65. The van der Waals surface area contributed by atoms with E-state index < -0.39 is 0 Å². The van der Waals surface area contributed by atoms with Crippen molar-refractivity contribution in [2.24, 2.45) is 4.99 Å². The van der Waals surface area contributed by atoms with Crippen LogP contribution in [0.4, 0.5) is 0 Å². The van der Waals surface area contributed by atoms with Gasteiger partial charge in [-0.25, -0.2) is 0 Å². The number of hydrogen-bond acceptors (Lipinski definition) is 4. The maximum absolute atomic E-state index is 5.99. The summed E-state index contributed by atoms with van der Waals surface area (Å²) in [6.07, 6.45) is 4.27. The predicted molar refractivity (Wildman–Crippen MR) is 122 cm³/mol. The number of guanidine groups is 1. The fraction of sp³-hybridized carbons (Fsp3) is 0.667. The van der Waals surface area contributed by atoms with E-state index in [4.69, 9.17) is 14.5 Å². The van der Waals surface area contributed by atoms with Gasteiger partial charge in [-0.15, -0.1) is 24.0 Å². The summed E-state index contributed by atoms with van der Waals surface area (Å²) in [5.41, 5.74) is 1.32. The highest BCUT2D eigenvalue weighted by molar-refractivity contribution is 14.0. The van der Waals surface area contributed by atoms with E-state index in [2.05, 4.69) is 52.8 Å². The highest BCUT2D eigenvalue weighted by atomic mass is 127. The Morgan fingerprint density at radius 3 is 2.64 bits per heavy atom. The molecule has 2 N–H and O–H groups in total. The lowest BCUT2D eigenvalue weighted by Gasteiger charge is -2.34. The van der Waals surface area contributed by atoms with E-state index >= 15 is 0 Å². The molecule has 3 heterocycles. The lowest BCUT2D eigenvalue weighted by atomic mass is 9.96.